The predicted octanol–water partition coefficient (Wildman–Crippen LogP) is 2.66. The third-order valence-electron chi connectivity index (χ3n) is 3.88. The lowest BCUT2D eigenvalue weighted by molar-refractivity contribution is 0.101. The maximum atomic E-state index is 12.3. The fourth-order valence-electron chi connectivity index (χ4n) is 2.37. The van der Waals surface area contributed by atoms with E-state index in [0.717, 1.165) is 19.3 Å². The molecule has 1 aliphatic rings. The fraction of sp³-hybridized carbons (Fsp3) is 0.500. The van der Waals surface area contributed by atoms with Crippen LogP contribution in [0.5, 0.6) is 0 Å². The molecule has 1 aromatic rings. The van der Waals surface area contributed by atoms with E-state index in [1.165, 1.54) is 6.92 Å². The second-order valence-corrected chi connectivity index (χ2v) is 5.42. The minimum absolute atomic E-state index is 0.00640. The molecular weight excluding hydrogens is 268 g/mol. The molecule has 1 saturated carbocycles. The van der Waals surface area contributed by atoms with E-state index < -0.39 is 0 Å². The summed E-state index contributed by atoms with van der Waals surface area (Å²) in [5, 5.41) is 11.8. The Kier molecular flexibility index (Phi) is 5.33. The van der Waals surface area contributed by atoms with E-state index in [2.05, 4.69) is 5.32 Å². The number of rotatable bonds is 6. The lowest BCUT2D eigenvalue weighted by Crippen LogP contribution is -2.46. The largest absolute Gasteiger partial charge is 0.396 e. The van der Waals surface area contributed by atoms with Gasteiger partial charge in [0.15, 0.2) is 5.78 Å². The SMILES string of the molecule is CC(=O)c1ccc(NC(=O)N(CCCO)C2CCC2)cc1. The zero-order chi connectivity index (χ0) is 15.2. The highest BCUT2D eigenvalue weighted by molar-refractivity contribution is 5.95. The quantitative estimate of drug-likeness (QED) is 0.791. The topological polar surface area (TPSA) is 69.6 Å². The van der Waals surface area contributed by atoms with Gasteiger partial charge in [0, 0.05) is 30.4 Å². The van der Waals surface area contributed by atoms with Gasteiger partial charge in [0.2, 0.25) is 0 Å². The van der Waals surface area contributed by atoms with Crippen molar-refractivity contribution in [3.63, 3.8) is 0 Å². The van der Waals surface area contributed by atoms with Crippen LogP contribution in [0, 0.1) is 0 Å². The standard InChI is InChI=1S/C16H22N2O3/c1-12(20)13-6-8-14(9-7-13)17-16(21)18(10-3-11-19)15-4-2-5-15/h6-9,15,19H,2-5,10-11H2,1H3,(H,17,21). The monoisotopic (exact) mass is 290 g/mol. The highest BCUT2D eigenvalue weighted by atomic mass is 16.3. The normalized spacial score (nSPS) is 14.4. The number of ketones is 1. The van der Waals surface area contributed by atoms with Gasteiger partial charge in [-0.05, 0) is 56.9 Å². The second kappa shape index (κ2) is 7.22. The van der Waals surface area contributed by atoms with Gasteiger partial charge in [-0.15, -0.1) is 0 Å². The molecule has 5 nitrogen and oxygen atoms in total. The summed E-state index contributed by atoms with van der Waals surface area (Å²) in [6.45, 7) is 2.17. The summed E-state index contributed by atoms with van der Waals surface area (Å²) in [7, 11) is 0. The zero-order valence-corrected chi connectivity index (χ0v) is 12.3. The molecule has 1 aliphatic carbocycles. The first-order valence-electron chi connectivity index (χ1n) is 7.41. The Balaban J connectivity index is 1.98. The van der Waals surface area contributed by atoms with E-state index in [0.29, 0.717) is 24.2 Å². The van der Waals surface area contributed by atoms with Crippen LogP contribution < -0.4 is 5.32 Å². The smallest absolute Gasteiger partial charge is 0.322 e. The summed E-state index contributed by atoms with van der Waals surface area (Å²) in [5.74, 6) is 0.00640. The zero-order valence-electron chi connectivity index (χ0n) is 12.3. The Hall–Kier alpha value is -1.88. The Bertz CT molecular complexity index is 495. The molecule has 0 unspecified atom stereocenters. The predicted molar refractivity (Wildman–Crippen MR) is 81.5 cm³/mol. The summed E-state index contributed by atoms with van der Waals surface area (Å²) in [4.78, 5) is 25.4. The molecule has 2 rings (SSSR count). The number of amides is 2. The molecule has 1 fully saturated rings. The van der Waals surface area contributed by atoms with Crippen LogP contribution in [-0.4, -0.2) is 41.0 Å². The average molecular weight is 290 g/mol. The average Bonchev–Trinajstić information content (AvgIpc) is 2.41. The number of hydrogen-bond donors (Lipinski definition) is 2. The fourth-order valence-corrected chi connectivity index (χ4v) is 2.37. The number of urea groups is 1. The van der Waals surface area contributed by atoms with Crippen molar-refractivity contribution in [2.24, 2.45) is 0 Å². The van der Waals surface area contributed by atoms with Gasteiger partial charge in [0.1, 0.15) is 0 Å². The van der Waals surface area contributed by atoms with Crippen molar-refractivity contribution < 1.29 is 14.7 Å². The van der Waals surface area contributed by atoms with E-state index in [1.807, 2.05) is 0 Å². The number of aliphatic hydroxyl groups excluding tert-OH is 1. The maximum Gasteiger partial charge on any atom is 0.322 e. The lowest BCUT2D eigenvalue weighted by atomic mass is 9.91. The van der Waals surface area contributed by atoms with Gasteiger partial charge in [0.25, 0.3) is 0 Å². The van der Waals surface area contributed by atoms with Crippen molar-refractivity contribution >= 4 is 17.5 Å². The number of aliphatic hydroxyl groups is 1. The van der Waals surface area contributed by atoms with E-state index in [9.17, 15) is 9.59 Å². The highest BCUT2D eigenvalue weighted by Gasteiger charge is 2.28. The minimum atomic E-state index is -0.135. The van der Waals surface area contributed by atoms with Crippen molar-refractivity contribution in [3.8, 4) is 0 Å². The van der Waals surface area contributed by atoms with Crippen LogP contribution in [0.25, 0.3) is 0 Å². The van der Waals surface area contributed by atoms with Gasteiger partial charge in [-0.3, -0.25) is 4.79 Å². The molecule has 1 aromatic carbocycles. The highest BCUT2D eigenvalue weighted by Crippen LogP contribution is 2.25. The molecule has 0 atom stereocenters. The number of carbonyl (C=O) groups is 2. The first-order chi connectivity index (χ1) is 10.1. The second-order valence-electron chi connectivity index (χ2n) is 5.42. The molecule has 0 spiro atoms. The Morgan fingerprint density at radius 3 is 2.43 bits per heavy atom. The number of nitrogens with zero attached hydrogens (tertiary/aromatic N) is 1. The molecule has 114 valence electrons. The Labute approximate surface area is 125 Å². The molecule has 0 aromatic heterocycles. The van der Waals surface area contributed by atoms with E-state index in [-0.39, 0.29) is 24.5 Å². The van der Waals surface area contributed by atoms with Gasteiger partial charge in [-0.25, -0.2) is 4.79 Å². The molecule has 5 heteroatoms. The number of carbonyl (C=O) groups excluding carboxylic acids is 2. The van der Waals surface area contributed by atoms with Crippen LogP contribution >= 0.6 is 0 Å². The molecule has 0 aliphatic heterocycles. The third-order valence-corrected chi connectivity index (χ3v) is 3.88. The van der Waals surface area contributed by atoms with E-state index >= 15 is 0 Å². The molecule has 0 saturated heterocycles. The third kappa shape index (κ3) is 4.04. The van der Waals surface area contributed by atoms with Crippen LogP contribution in [-0.2, 0) is 0 Å². The van der Waals surface area contributed by atoms with Crippen LogP contribution in [0.4, 0.5) is 10.5 Å². The first-order valence-corrected chi connectivity index (χ1v) is 7.41. The van der Waals surface area contributed by atoms with Gasteiger partial charge in [-0.2, -0.15) is 0 Å². The minimum Gasteiger partial charge on any atom is -0.396 e. The van der Waals surface area contributed by atoms with Gasteiger partial charge in [-0.1, -0.05) is 0 Å². The first kappa shape index (κ1) is 15.5. The van der Waals surface area contributed by atoms with E-state index in [1.54, 1.807) is 29.2 Å². The molecule has 21 heavy (non-hydrogen) atoms. The van der Waals surface area contributed by atoms with Gasteiger partial charge < -0.3 is 15.3 Å². The summed E-state index contributed by atoms with van der Waals surface area (Å²) < 4.78 is 0. The van der Waals surface area contributed by atoms with Crippen molar-refractivity contribution in [1.82, 2.24) is 4.90 Å². The number of Topliss-reactive ketones (excluding diaryl/α,β-unsaturated/α-hetero) is 1. The number of hydrogen-bond acceptors (Lipinski definition) is 3. The lowest BCUT2D eigenvalue weighted by Gasteiger charge is -2.37. The summed E-state index contributed by atoms with van der Waals surface area (Å²) in [6.07, 6.45) is 3.80. The Morgan fingerprint density at radius 2 is 1.95 bits per heavy atom. The Morgan fingerprint density at radius 1 is 1.29 bits per heavy atom. The molecule has 0 radical (unpaired) electrons. The summed E-state index contributed by atoms with van der Waals surface area (Å²) in [6, 6.07) is 7.04. The van der Waals surface area contributed by atoms with Crippen molar-refractivity contribution in [3.05, 3.63) is 29.8 Å². The van der Waals surface area contributed by atoms with Crippen LogP contribution in [0.15, 0.2) is 24.3 Å². The summed E-state index contributed by atoms with van der Waals surface area (Å²) in [5.41, 5.74) is 1.31. The van der Waals surface area contributed by atoms with Crippen LogP contribution in [0.2, 0.25) is 0 Å². The molecular formula is C16H22N2O3. The summed E-state index contributed by atoms with van der Waals surface area (Å²) >= 11 is 0. The molecule has 2 amide bonds. The number of nitrogens with one attached hydrogen (secondary N) is 1. The number of anilines is 1. The van der Waals surface area contributed by atoms with E-state index in [4.69, 9.17) is 5.11 Å². The van der Waals surface area contributed by atoms with Crippen molar-refractivity contribution in [2.45, 2.75) is 38.6 Å². The van der Waals surface area contributed by atoms with Crippen molar-refractivity contribution in [1.29, 1.82) is 0 Å². The maximum absolute atomic E-state index is 12.3. The molecule has 0 heterocycles. The van der Waals surface area contributed by atoms with Gasteiger partial charge in [0.05, 0.1) is 0 Å². The van der Waals surface area contributed by atoms with Crippen LogP contribution in [0.1, 0.15) is 43.0 Å². The molecule has 0 bridgehead atoms. The van der Waals surface area contributed by atoms with Crippen LogP contribution in [0.3, 0.4) is 0 Å². The van der Waals surface area contributed by atoms with Gasteiger partial charge >= 0.3 is 6.03 Å². The van der Waals surface area contributed by atoms with Crippen molar-refractivity contribution in [2.75, 3.05) is 18.5 Å². The molecule has 2 N–H and O–H groups in total. The number of benzene rings is 1.